The standard InChI is InChI=1S/C11H23NO/c1-10(3-6-12-2)9-11-4-7-13-8-5-11/h10-12H,3-9H2,1-2H3. The van der Waals surface area contributed by atoms with E-state index in [0.717, 1.165) is 31.6 Å². The lowest BCUT2D eigenvalue weighted by molar-refractivity contribution is 0.0590. The Morgan fingerprint density at radius 1 is 1.38 bits per heavy atom. The van der Waals surface area contributed by atoms with Gasteiger partial charge in [-0.1, -0.05) is 6.92 Å². The van der Waals surface area contributed by atoms with Crippen molar-refractivity contribution in [1.82, 2.24) is 5.32 Å². The average Bonchev–Trinajstić information content (AvgIpc) is 2.16. The van der Waals surface area contributed by atoms with Crippen molar-refractivity contribution in [2.45, 2.75) is 32.6 Å². The summed E-state index contributed by atoms with van der Waals surface area (Å²) in [7, 11) is 2.03. The molecule has 0 radical (unpaired) electrons. The summed E-state index contributed by atoms with van der Waals surface area (Å²) in [5.41, 5.74) is 0. The molecule has 0 amide bonds. The molecule has 1 rings (SSSR count). The fourth-order valence-corrected chi connectivity index (χ4v) is 2.06. The van der Waals surface area contributed by atoms with Gasteiger partial charge in [0.25, 0.3) is 0 Å². The minimum atomic E-state index is 0.871. The van der Waals surface area contributed by atoms with Gasteiger partial charge in [0.05, 0.1) is 0 Å². The minimum absolute atomic E-state index is 0.871. The molecule has 1 unspecified atom stereocenters. The van der Waals surface area contributed by atoms with Gasteiger partial charge in [-0.3, -0.25) is 0 Å². The van der Waals surface area contributed by atoms with Gasteiger partial charge in [-0.15, -0.1) is 0 Å². The fourth-order valence-electron chi connectivity index (χ4n) is 2.06. The van der Waals surface area contributed by atoms with E-state index in [1.807, 2.05) is 7.05 Å². The van der Waals surface area contributed by atoms with Crippen LogP contribution in [-0.4, -0.2) is 26.8 Å². The van der Waals surface area contributed by atoms with E-state index in [9.17, 15) is 0 Å². The van der Waals surface area contributed by atoms with Gasteiger partial charge in [0.15, 0.2) is 0 Å². The monoisotopic (exact) mass is 185 g/mol. The first-order valence-electron chi connectivity index (χ1n) is 5.55. The molecular formula is C11H23NO. The van der Waals surface area contributed by atoms with Crippen LogP contribution in [0.2, 0.25) is 0 Å². The molecule has 0 spiro atoms. The summed E-state index contributed by atoms with van der Waals surface area (Å²) < 4.78 is 5.35. The van der Waals surface area contributed by atoms with Gasteiger partial charge in [-0.05, 0) is 51.1 Å². The Balaban J connectivity index is 2.07. The van der Waals surface area contributed by atoms with E-state index in [1.165, 1.54) is 25.7 Å². The van der Waals surface area contributed by atoms with Crippen LogP contribution >= 0.6 is 0 Å². The molecule has 1 fully saturated rings. The smallest absolute Gasteiger partial charge is 0.0468 e. The Morgan fingerprint density at radius 2 is 2.08 bits per heavy atom. The summed E-state index contributed by atoms with van der Waals surface area (Å²) in [5, 5.41) is 3.21. The molecule has 1 atom stereocenters. The molecule has 0 aromatic heterocycles. The molecule has 1 N–H and O–H groups in total. The zero-order valence-electron chi connectivity index (χ0n) is 9.01. The topological polar surface area (TPSA) is 21.3 Å². The van der Waals surface area contributed by atoms with E-state index in [1.54, 1.807) is 0 Å². The maximum absolute atomic E-state index is 5.35. The van der Waals surface area contributed by atoms with Gasteiger partial charge in [-0.25, -0.2) is 0 Å². The maximum Gasteiger partial charge on any atom is 0.0468 e. The van der Waals surface area contributed by atoms with Crippen molar-refractivity contribution >= 4 is 0 Å². The van der Waals surface area contributed by atoms with Crippen molar-refractivity contribution in [2.24, 2.45) is 11.8 Å². The first kappa shape index (κ1) is 11.0. The third kappa shape index (κ3) is 4.63. The molecule has 1 aliphatic heterocycles. The highest BCUT2D eigenvalue weighted by Gasteiger charge is 2.16. The Kier molecular flexibility index (Phi) is 5.40. The van der Waals surface area contributed by atoms with Crippen molar-refractivity contribution in [3.63, 3.8) is 0 Å². The van der Waals surface area contributed by atoms with Crippen LogP contribution in [-0.2, 0) is 4.74 Å². The number of rotatable bonds is 5. The van der Waals surface area contributed by atoms with Crippen LogP contribution in [0.3, 0.4) is 0 Å². The van der Waals surface area contributed by atoms with Crippen molar-refractivity contribution in [3.8, 4) is 0 Å². The molecule has 1 saturated heterocycles. The highest BCUT2D eigenvalue weighted by atomic mass is 16.5. The summed E-state index contributed by atoms with van der Waals surface area (Å²) in [6, 6.07) is 0. The SMILES string of the molecule is CNCCC(C)CC1CCOCC1. The van der Waals surface area contributed by atoms with Crippen molar-refractivity contribution < 1.29 is 4.74 Å². The van der Waals surface area contributed by atoms with Crippen molar-refractivity contribution in [1.29, 1.82) is 0 Å². The Morgan fingerprint density at radius 3 is 2.69 bits per heavy atom. The highest BCUT2D eigenvalue weighted by Crippen LogP contribution is 2.23. The summed E-state index contributed by atoms with van der Waals surface area (Å²) >= 11 is 0. The van der Waals surface area contributed by atoms with Gasteiger partial charge in [0, 0.05) is 13.2 Å². The second kappa shape index (κ2) is 6.39. The second-order valence-electron chi connectivity index (χ2n) is 4.29. The summed E-state index contributed by atoms with van der Waals surface area (Å²) in [6.45, 7) is 5.50. The van der Waals surface area contributed by atoms with Gasteiger partial charge in [-0.2, -0.15) is 0 Å². The first-order valence-corrected chi connectivity index (χ1v) is 5.55. The van der Waals surface area contributed by atoms with Gasteiger partial charge in [0.2, 0.25) is 0 Å². The van der Waals surface area contributed by atoms with E-state index in [2.05, 4.69) is 12.2 Å². The van der Waals surface area contributed by atoms with Crippen LogP contribution in [0, 0.1) is 11.8 Å². The van der Waals surface area contributed by atoms with E-state index >= 15 is 0 Å². The predicted octanol–water partition coefficient (Wildman–Crippen LogP) is 2.05. The average molecular weight is 185 g/mol. The molecule has 2 heteroatoms. The van der Waals surface area contributed by atoms with E-state index in [-0.39, 0.29) is 0 Å². The second-order valence-corrected chi connectivity index (χ2v) is 4.29. The Labute approximate surface area is 82.0 Å². The molecular weight excluding hydrogens is 162 g/mol. The van der Waals surface area contributed by atoms with Crippen LogP contribution in [0.5, 0.6) is 0 Å². The van der Waals surface area contributed by atoms with E-state index < -0.39 is 0 Å². The van der Waals surface area contributed by atoms with E-state index in [0.29, 0.717) is 0 Å². The van der Waals surface area contributed by atoms with Crippen LogP contribution in [0.4, 0.5) is 0 Å². The van der Waals surface area contributed by atoms with Crippen LogP contribution in [0.15, 0.2) is 0 Å². The lowest BCUT2D eigenvalue weighted by Gasteiger charge is -2.24. The predicted molar refractivity (Wildman–Crippen MR) is 55.9 cm³/mol. The summed E-state index contributed by atoms with van der Waals surface area (Å²) in [5.74, 6) is 1.80. The molecule has 2 nitrogen and oxygen atoms in total. The molecule has 0 saturated carbocycles. The number of hydrogen-bond donors (Lipinski definition) is 1. The molecule has 13 heavy (non-hydrogen) atoms. The van der Waals surface area contributed by atoms with Gasteiger partial charge in [0.1, 0.15) is 0 Å². The number of nitrogens with one attached hydrogen (secondary N) is 1. The minimum Gasteiger partial charge on any atom is -0.381 e. The van der Waals surface area contributed by atoms with Crippen LogP contribution in [0.25, 0.3) is 0 Å². The zero-order chi connectivity index (χ0) is 9.52. The fraction of sp³-hybridized carbons (Fsp3) is 1.00. The quantitative estimate of drug-likeness (QED) is 0.708. The highest BCUT2D eigenvalue weighted by molar-refractivity contribution is 4.67. The number of hydrogen-bond acceptors (Lipinski definition) is 2. The molecule has 1 aliphatic rings. The molecule has 0 aromatic rings. The Bertz CT molecular complexity index is 121. The van der Waals surface area contributed by atoms with E-state index in [4.69, 9.17) is 4.74 Å². The molecule has 78 valence electrons. The van der Waals surface area contributed by atoms with Crippen molar-refractivity contribution in [2.75, 3.05) is 26.8 Å². The summed E-state index contributed by atoms with van der Waals surface area (Å²) in [6.07, 6.45) is 5.27. The molecule has 0 aromatic carbocycles. The Hall–Kier alpha value is -0.0800. The first-order chi connectivity index (χ1) is 6.33. The van der Waals surface area contributed by atoms with Gasteiger partial charge >= 0.3 is 0 Å². The third-order valence-electron chi connectivity index (χ3n) is 2.96. The molecule has 1 heterocycles. The lowest BCUT2D eigenvalue weighted by Crippen LogP contribution is -2.19. The third-order valence-corrected chi connectivity index (χ3v) is 2.96. The largest absolute Gasteiger partial charge is 0.381 e. The zero-order valence-corrected chi connectivity index (χ0v) is 9.01. The van der Waals surface area contributed by atoms with Crippen LogP contribution < -0.4 is 5.32 Å². The van der Waals surface area contributed by atoms with Gasteiger partial charge < -0.3 is 10.1 Å². The maximum atomic E-state index is 5.35. The molecule has 0 bridgehead atoms. The lowest BCUT2D eigenvalue weighted by atomic mass is 9.88. The molecule has 0 aliphatic carbocycles. The van der Waals surface area contributed by atoms with Crippen molar-refractivity contribution in [3.05, 3.63) is 0 Å². The normalized spacial score (nSPS) is 21.7. The number of ether oxygens (including phenoxy) is 1. The summed E-state index contributed by atoms with van der Waals surface area (Å²) in [4.78, 5) is 0. The van der Waals surface area contributed by atoms with Crippen LogP contribution in [0.1, 0.15) is 32.6 Å².